The molecule has 0 saturated heterocycles. The van der Waals surface area contributed by atoms with E-state index in [9.17, 15) is 8.78 Å². The number of hydrogen-bond acceptors (Lipinski definition) is 1. The van der Waals surface area contributed by atoms with E-state index in [1.165, 1.54) is 44.9 Å². The van der Waals surface area contributed by atoms with Crippen molar-refractivity contribution >= 4 is 0 Å². The molecule has 0 spiro atoms. The van der Waals surface area contributed by atoms with Crippen LogP contribution in [0.15, 0.2) is 24.3 Å². The fourth-order valence-corrected chi connectivity index (χ4v) is 4.99. The largest absolute Gasteiger partial charge is 0.491 e. The van der Waals surface area contributed by atoms with Gasteiger partial charge in [0, 0.05) is 5.92 Å². The summed E-state index contributed by atoms with van der Waals surface area (Å²) in [4.78, 5) is 0. The molecule has 2 aliphatic rings. The van der Waals surface area contributed by atoms with Crippen LogP contribution in [0, 0.1) is 29.4 Å². The van der Waals surface area contributed by atoms with E-state index in [4.69, 9.17) is 4.74 Å². The van der Waals surface area contributed by atoms with Gasteiger partial charge in [-0.15, -0.1) is 0 Å². The maximum atomic E-state index is 14.5. The number of ether oxygens (including phenoxy) is 1. The third-order valence-electron chi connectivity index (χ3n) is 6.64. The molecule has 0 N–H and O–H groups in total. The summed E-state index contributed by atoms with van der Waals surface area (Å²) >= 11 is 0. The van der Waals surface area contributed by atoms with Gasteiger partial charge in [-0.3, -0.25) is 0 Å². The minimum atomic E-state index is -0.852. The highest BCUT2D eigenvalue weighted by Crippen LogP contribution is 2.42. The molecule has 0 aliphatic heterocycles. The third-order valence-corrected chi connectivity index (χ3v) is 6.64. The van der Waals surface area contributed by atoms with Crippen LogP contribution in [0.5, 0.6) is 5.75 Å². The summed E-state index contributed by atoms with van der Waals surface area (Å²) in [5.41, 5.74) is 0.467. The van der Waals surface area contributed by atoms with E-state index in [0.717, 1.165) is 24.7 Å². The van der Waals surface area contributed by atoms with Crippen molar-refractivity contribution < 1.29 is 13.5 Å². The Bertz CT molecular complexity index is 632. The van der Waals surface area contributed by atoms with Gasteiger partial charge in [-0.25, -0.2) is 4.39 Å². The van der Waals surface area contributed by atoms with Crippen molar-refractivity contribution in [2.75, 3.05) is 6.61 Å². The average Bonchev–Trinajstić information content (AvgIpc) is 2.71. The van der Waals surface area contributed by atoms with Crippen LogP contribution in [0.3, 0.4) is 0 Å². The van der Waals surface area contributed by atoms with Crippen molar-refractivity contribution in [3.05, 3.63) is 41.5 Å². The maximum absolute atomic E-state index is 14.5. The van der Waals surface area contributed by atoms with Crippen molar-refractivity contribution in [3.63, 3.8) is 0 Å². The zero-order chi connectivity index (χ0) is 19.2. The molecule has 27 heavy (non-hydrogen) atoms. The van der Waals surface area contributed by atoms with Gasteiger partial charge in [0.1, 0.15) is 0 Å². The van der Waals surface area contributed by atoms with E-state index in [1.54, 1.807) is 19.1 Å². The second-order valence-corrected chi connectivity index (χ2v) is 8.37. The lowest BCUT2D eigenvalue weighted by molar-refractivity contribution is 0.207. The zero-order valence-corrected chi connectivity index (χ0v) is 16.9. The summed E-state index contributed by atoms with van der Waals surface area (Å²) in [6, 6.07) is 3.26. The first-order valence-corrected chi connectivity index (χ1v) is 10.9. The molecular weight excluding hydrogens is 342 g/mol. The predicted molar refractivity (Wildman–Crippen MR) is 107 cm³/mol. The highest BCUT2D eigenvalue weighted by molar-refractivity contribution is 5.35. The molecule has 150 valence electrons. The Balaban J connectivity index is 1.58. The Hall–Kier alpha value is -1.38. The SMILES string of the molecule is CCCCC1CCC(C2C=CC(c3ccc(OCC)c(F)c3F)CC2)CC1. The molecule has 3 heteroatoms. The van der Waals surface area contributed by atoms with Crippen LogP contribution in [0.2, 0.25) is 0 Å². The highest BCUT2D eigenvalue weighted by Gasteiger charge is 2.29. The predicted octanol–water partition coefficient (Wildman–Crippen LogP) is 7.41. The van der Waals surface area contributed by atoms with Crippen LogP contribution in [0.4, 0.5) is 8.78 Å². The number of halogens is 2. The Kier molecular flexibility index (Phi) is 7.32. The second kappa shape index (κ2) is 9.71. The first kappa shape index (κ1) is 20.4. The van der Waals surface area contributed by atoms with Crippen molar-refractivity contribution in [1.82, 2.24) is 0 Å². The minimum Gasteiger partial charge on any atom is -0.491 e. The molecular formula is C24H34F2O. The third kappa shape index (κ3) is 4.92. The second-order valence-electron chi connectivity index (χ2n) is 8.37. The lowest BCUT2D eigenvalue weighted by atomic mass is 9.70. The van der Waals surface area contributed by atoms with E-state index in [-0.39, 0.29) is 11.7 Å². The van der Waals surface area contributed by atoms with E-state index >= 15 is 0 Å². The molecule has 2 aliphatic carbocycles. The minimum absolute atomic E-state index is 0.0104. The first-order valence-electron chi connectivity index (χ1n) is 10.9. The molecule has 0 amide bonds. The normalized spacial score (nSPS) is 28.3. The fraction of sp³-hybridized carbons (Fsp3) is 0.667. The van der Waals surface area contributed by atoms with Crippen molar-refractivity contribution in [2.24, 2.45) is 17.8 Å². The molecule has 1 aromatic carbocycles. The van der Waals surface area contributed by atoms with E-state index in [1.807, 2.05) is 0 Å². The summed E-state index contributed by atoms with van der Waals surface area (Å²) in [7, 11) is 0. The van der Waals surface area contributed by atoms with Crippen molar-refractivity contribution in [1.29, 1.82) is 0 Å². The molecule has 1 saturated carbocycles. The first-order chi connectivity index (χ1) is 13.1. The molecule has 3 rings (SSSR count). The zero-order valence-electron chi connectivity index (χ0n) is 16.9. The molecule has 0 heterocycles. The van der Waals surface area contributed by atoms with Crippen molar-refractivity contribution in [2.45, 2.75) is 77.6 Å². The lowest BCUT2D eigenvalue weighted by Gasteiger charge is -2.35. The highest BCUT2D eigenvalue weighted by atomic mass is 19.2. The van der Waals surface area contributed by atoms with E-state index in [0.29, 0.717) is 18.1 Å². The fourth-order valence-electron chi connectivity index (χ4n) is 4.99. The molecule has 0 aromatic heterocycles. The summed E-state index contributed by atoms with van der Waals surface area (Å²) in [5.74, 6) is 0.720. The van der Waals surface area contributed by atoms with Gasteiger partial charge in [0.25, 0.3) is 0 Å². The summed E-state index contributed by atoms with van der Waals surface area (Å²) in [6.45, 7) is 4.38. The summed E-state index contributed by atoms with van der Waals surface area (Å²) in [5, 5.41) is 0. The van der Waals surface area contributed by atoms with Crippen LogP contribution in [0.25, 0.3) is 0 Å². The topological polar surface area (TPSA) is 9.23 Å². The van der Waals surface area contributed by atoms with Gasteiger partial charge in [0.05, 0.1) is 6.61 Å². The van der Waals surface area contributed by atoms with Gasteiger partial charge in [0.15, 0.2) is 11.6 Å². The van der Waals surface area contributed by atoms with Crippen LogP contribution in [-0.4, -0.2) is 6.61 Å². The molecule has 2 atom stereocenters. The monoisotopic (exact) mass is 376 g/mol. The summed E-state index contributed by atoms with van der Waals surface area (Å²) in [6.07, 6.45) is 15.9. The Labute approximate surface area is 163 Å². The molecule has 0 bridgehead atoms. The van der Waals surface area contributed by atoms with Gasteiger partial charge in [-0.05, 0) is 62.0 Å². The summed E-state index contributed by atoms with van der Waals surface area (Å²) < 4.78 is 33.8. The van der Waals surface area contributed by atoms with Gasteiger partial charge in [-0.2, -0.15) is 4.39 Å². The van der Waals surface area contributed by atoms with Crippen LogP contribution in [-0.2, 0) is 0 Å². The molecule has 1 nitrogen and oxygen atoms in total. The van der Waals surface area contributed by atoms with Gasteiger partial charge < -0.3 is 4.74 Å². The molecule has 1 fully saturated rings. The van der Waals surface area contributed by atoms with Gasteiger partial charge in [0.2, 0.25) is 5.82 Å². The van der Waals surface area contributed by atoms with Gasteiger partial charge in [-0.1, -0.05) is 57.2 Å². The smallest absolute Gasteiger partial charge is 0.200 e. The Morgan fingerprint density at radius 1 is 0.926 bits per heavy atom. The van der Waals surface area contributed by atoms with Crippen LogP contribution in [0.1, 0.15) is 83.1 Å². The number of unbranched alkanes of at least 4 members (excludes halogenated alkanes) is 1. The lowest BCUT2D eigenvalue weighted by Crippen LogP contribution is -2.23. The Morgan fingerprint density at radius 3 is 2.33 bits per heavy atom. The Morgan fingerprint density at radius 2 is 1.70 bits per heavy atom. The molecule has 1 aromatic rings. The maximum Gasteiger partial charge on any atom is 0.200 e. The quantitative estimate of drug-likeness (QED) is 0.450. The van der Waals surface area contributed by atoms with E-state index < -0.39 is 11.6 Å². The average molecular weight is 377 g/mol. The standard InChI is InChI=1S/C24H34F2O/c1-3-5-6-17-7-9-18(10-8-17)19-11-13-20(14-12-19)21-15-16-22(27-4-2)24(26)23(21)25/h11,13,15-20H,3-10,12,14H2,1-2H3. The van der Waals surface area contributed by atoms with Gasteiger partial charge >= 0.3 is 0 Å². The van der Waals surface area contributed by atoms with Crippen LogP contribution < -0.4 is 4.74 Å². The number of benzene rings is 1. The van der Waals surface area contributed by atoms with Crippen molar-refractivity contribution in [3.8, 4) is 5.75 Å². The number of rotatable bonds is 7. The molecule has 2 unspecified atom stereocenters. The van der Waals surface area contributed by atoms with Crippen LogP contribution >= 0.6 is 0 Å². The number of hydrogen-bond donors (Lipinski definition) is 0. The number of allylic oxidation sites excluding steroid dienone is 2. The van der Waals surface area contributed by atoms with E-state index in [2.05, 4.69) is 19.1 Å². The molecule has 0 radical (unpaired) electrons.